The van der Waals surface area contributed by atoms with Crippen LogP contribution in [0.2, 0.25) is 10.0 Å². The van der Waals surface area contributed by atoms with Crippen molar-refractivity contribution in [1.29, 1.82) is 0 Å². The van der Waals surface area contributed by atoms with Gasteiger partial charge in [-0.05, 0) is 51.1 Å². The Balaban J connectivity index is 1.31. The van der Waals surface area contributed by atoms with Crippen molar-refractivity contribution >= 4 is 40.6 Å². The largest absolute Gasteiger partial charge is 0.487 e. The lowest BCUT2D eigenvalue weighted by Crippen LogP contribution is -2.49. The summed E-state index contributed by atoms with van der Waals surface area (Å²) < 4.78 is 11.4. The predicted molar refractivity (Wildman–Crippen MR) is 141 cm³/mol. The number of thiophene rings is 1. The van der Waals surface area contributed by atoms with Gasteiger partial charge in [0.05, 0.1) is 6.20 Å². The van der Waals surface area contributed by atoms with Gasteiger partial charge in [0.1, 0.15) is 18.0 Å². The monoisotopic (exact) mass is 533 g/mol. The van der Waals surface area contributed by atoms with Crippen LogP contribution in [0.15, 0.2) is 48.8 Å². The molecule has 0 N–H and O–H groups in total. The van der Waals surface area contributed by atoms with Gasteiger partial charge in [-0.25, -0.2) is 4.79 Å². The molecule has 4 rings (SSSR count). The first-order valence-corrected chi connectivity index (χ1v) is 13.0. The molecule has 1 fully saturated rings. The molecule has 1 amide bonds. The van der Waals surface area contributed by atoms with Crippen molar-refractivity contribution < 1.29 is 14.3 Å². The van der Waals surface area contributed by atoms with Crippen LogP contribution in [0.5, 0.6) is 5.75 Å². The number of ether oxygens (including phenoxy) is 2. The summed E-state index contributed by atoms with van der Waals surface area (Å²) in [5, 5.41) is 1.18. The van der Waals surface area contributed by atoms with Gasteiger partial charge in [0.2, 0.25) is 0 Å². The quantitative estimate of drug-likeness (QED) is 0.350. The smallest absolute Gasteiger partial charge is 0.410 e. The van der Waals surface area contributed by atoms with E-state index in [-0.39, 0.29) is 6.09 Å². The fraction of sp³-hybridized carbons (Fsp3) is 0.385. The van der Waals surface area contributed by atoms with Crippen LogP contribution in [-0.4, -0.2) is 52.7 Å². The zero-order chi connectivity index (χ0) is 25.0. The Hall–Kier alpha value is -2.32. The van der Waals surface area contributed by atoms with E-state index in [4.69, 9.17) is 32.7 Å². The number of carbonyl (C=O) groups excluding carboxylic acids is 1. The highest BCUT2D eigenvalue weighted by Crippen LogP contribution is 2.31. The van der Waals surface area contributed by atoms with Crippen molar-refractivity contribution in [1.82, 2.24) is 14.8 Å². The minimum atomic E-state index is -0.471. The molecule has 186 valence electrons. The van der Waals surface area contributed by atoms with Crippen molar-refractivity contribution in [3.05, 3.63) is 69.3 Å². The van der Waals surface area contributed by atoms with Gasteiger partial charge in [0.25, 0.3) is 0 Å². The molecule has 0 atom stereocenters. The van der Waals surface area contributed by atoms with Crippen LogP contribution in [0, 0.1) is 0 Å². The van der Waals surface area contributed by atoms with E-state index in [1.807, 2.05) is 39.1 Å². The zero-order valence-corrected chi connectivity index (χ0v) is 22.4. The fourth-order valence-electron chi connectivity index (χ4n) is 3.69. The van der Waals surface area contributed by atoms with Crippen LogP contribution in [-0.2, 0) is 17.9 Å². The van der Waals surface area contributed by atoms with Crippen LogP contribution in [0.1, 0.15) is 31.2 Å². The average molecular weight is 535 g/mol. The maximum Gasteiger partial charge on any atom is 0.410 e. The van der Waals surface area contributed by atoms with Crippen LogP contribution in [0.25, 0.3) is 10.4 Å². The van der Waals surface area contributed by atoms with Crippen LogP contribution < -0.4 is 4.74 Å². The molecule has 0 unspecified atom stereocenters. The molecule has 0 bridgehead atoms. The third kappa shape index (κ3) is 7.34. The number of benzene rings is 1. The molecule has 0 radical (unpaired) electrons. The van der Waals surface area contributed by atoms with E-state index < -0.39 is 5.60 Å². The number of carbonyl (C=O) groups is 1. The highest BCUT2D eigenvalue weighted by Gasteiger charge is 2.26. The lowest BCUT2D eigenvalue weighted by Gasteiger charge is -2.35. The average Bonchev–Trinajstić information content (AvgIpc) is 3.26. The summed E-state index contributed by atoms with van der Waals surface area (Å²) in [7, 11) is 0. The summed E-state index contributed by atoms with van der Waals surface area (Å²) in [5.41, 5.74) is 1.41. The highest BCUT2D eigenvalue weighted by atomic mass is 35.5. The second-order valence-electron chi connectivity index (χ2n) is 9.44. The summed E-state index contributed by atoms with van der Waals surface area (Å²) in [6.07, 6.45) is 3.31. The zero-order valence-electron chi connectivity index (χ0n) is 20.1. The van der Waals surface area contributed by atoms with E-state index in [9.17, 15) is 4.79 Å². The summed E-state index contributed by atoms with van der Waals surface area (Å²) >= 11 is 14.0. The lowest BCUT2D eigenvalue weighted by molar-refractivity contribution is 0.0140. The summed E-state index contributed by atoms with van der Waals surface area (Å²) in [6, 6.07) is 11.6. The molecule has 1 aliphatic heterocycles. The molecule has 35 heavy (non-hydrogen) atoms. The third-order valence-corrected chi connectivity index (χ3v) is 7.18. The van der Waals surface area contributed by atoms with Crippen molar-refractivity contribution in [3.63, 3.8) is 0 Å². The van der Waals surface area contributed by atoms with E-state index >= 15 is 0 Å². The molecule has 0 saturated carbocycles. The Morgan fingerprint density at radius 2 is 1.83 bits per heavy atom. The number of pyridine rings is 1. The Labute approximate surface area is 220 Å². The van der Waals surface area contributed by atoms with Gasteiger partial charge < -0.3 is 14.4 Å². The number of amides is 1. The first-order chi connectivity index (χ1) is 16.7. The van der Waals surface area contributed by atoms with Gasteiger partial charge in [-0.2, -0.15) is 0 Å². The Morgan fingerprint density at radius 1 is 1.06 bits per heavy atom. The molecule has 1 saturated heterocycles. The lowest BCUT2D eigenvalue weighted by atomic mass is 10.2. The standard InChI is InChI=1S/C26H29Cl2N3O3S/c1-26(2,3)34-25(32)31-10-8-30(9-11-31)16-22-6-7-24(35-22)19-12-21(15-29-14-19)33-17-18-4-5-20(27)13-23(18)28/h4-7,12-15H,8-11,16-17H2,1-3H3. The normalized spacial score (nSPS) is 14.7. The molecule has 3 heterocycles. The first kappa shape index (κ1) is 25.8. The SMILES string of the molecule is CC(C)(C)OC(=O)N1CCN(Cc2ccc(-c3cncc(OCc4ccc(Cl)cc4Cl)c3)s2)CC1. The van der Waals surface area contributed by atoms with Crippen LogP contribution in [0.3, 0.4) is 0 Å². The third-order valence-electron chi connectivity index (χ3n) is 5.47. The van der Waals surface area contributed by atoms with Gasteiger partial charge in [-0.15, -0.1) is 11.3 Å². The predicted octanol–water partition coefficient (Wildman–Crippen LogP) is 6.75. The fourth-order valence-corrected chi connectivity index (χ4v) is 5.18. The molecule has 3 aromatic rings. The Morgan fingerprint density at radius 3 is 2.54 bits per heavy atom. The molecule has 0 spiro atoms. The molecule has 2 aromatic heterocycles. The maximum absolute atomic E-state index is 12.3. The van der Waals surface area contributed by atoms with Crippen LogP contribution >= 0.6 is 34.5 Å². The number of hydrogen-bond donors (Lipinski definition) is 0. The molecule has 1 aromatic carbocycles. The summed E-state index contributed by atoms with van der Waals surface area (Å²) in [6.45, 7) is 9.86. The summed E-state index contributed by atoms with van der Waals surface area (Å²) in [4.78, 5) is 23.2. The Bertz CT molecular complexity index is 1170. The minimum absolute atomic E-state index is 0.233. The number of nitrogens with zero attached hydrogens (tertiary/aromatic N) is 3. The number of hydrogen-bond acceptors (Lipinski definition) is 6. The second kappa shape index (κ2) is 11.2. The Kier molecular flexibility index (Phi) is 8.22. The van der Waals surface area contributed by atoms with Crippen molar-refractivity contribution in [2.24, 2.45) is 0 Å². The molecule has 1 aliphatic rings. The van der Waals surface area contributed by atoms with Crippen LogP contribution in [0.4, 0.5) is 4.79 Å². The van der Waals surface area contributed by atoms with E-state index in [0.717, 1.165) is 35.6 Å². The van der Waals surface area contributed by atoms with E-state index in [0.29, 0.717) is 35.5 Å². The maximum atomic E-state index is 12.3. The van der Waals surface area contributed by atoms with Gasteiger partial charge in [-0.1, -0.05) is 29.3 Å². The van der Waals surface area contributed by atoms with E-state index in [2.05, 4.69) is 22.0 Å². The molecular weight excluding hydrogens is 505 g/mol. The molecule has 6 nitrogen and oxygen atoms in total. The van der Waals surface area contributed by atoms with Gasteiger partial charge in [0.15, 0.2) is 0 Å². The first-order valence-electron chi connectivity index (χ1n) is 11.5. The molecule has 9 heteroatoms. The minimum Gasteiger partial charge on any atom is -0.487 e. The summed E-state index contributed by atoms with van der Waals surface area (Å²) in [5.74, 6) is 0.682. The number of halogens is 2. The number of piperazine rings is 1. The van der Waals surface area contributed by atoms with Crippen molar-refractivity contribution in [2.75, 3.05) is 26.2 Å². The second-order valence-corrected chi connectivity index (χ2v) is 11.5. The van der Waals surface area contributed by atoms with E-state index in [1.165, 1.54) is 4.88 Å². The van der Waals surface area contributed by atoms with Crippen molar-refractivity contribution in [2.45, 2.75) is 39.5 Å². The molecular formula is C26H29Cl2N3O3S. The highest BCUT2D eigenvalue weighted by molar-refractivity contribution is 7.15. The topological polar surface area (TPSA) is 54.9 Å². The van der Waals surface area contributed by atoms with Gasteiger partial charge in [0, 0.05) is 69.8 Å². The van der Waals surface area contributed by atoms with Crippen molar-refractivity contribution in [3.8, 4) is 16.2 Å². The van der Waals surface area contributed by atoms with E-state index in [1.54, 1.807) is 34.6 Å². The number of aromatic nitrogens is 1. The molecule has 0 aliphatic carbocycles. The van der Waals surface area contributed by atoms with Gasteiger partial charge in [-0.3, -0.25) is 9.88 Å². The van der Waals surface area contributed by atoms with Gasteiger partial charge >= 0.3 is 6.09 Å². The number of rotatable bonds is 6.